The summed E-state index contributed by atoms with van der Waals surface area (Å²) < 4.78 is 1.65. The number of imidazole rings is 1. The van der Waals surface area contributed by atoms with E-state index in [9.17, 15) is 0 Å². The quantitative estimate of drug-likeness (QED) is 0.800. The largest absolute Gasteiger partial charge is 0.350 e. The Morgan fingerprint density at radius 3 is 2.57 bits per heavy atom. The summed E-state index contributed by atoms with van der Waals surface area (Å²) in [4.78, 5) is 16.3. The van der Waals surface area contributed by atoms with Gasteiger partial charge in [0.05, 0.1) is 0 Å². The van der Waals surface area contributed by atoms with Crippen LogP contribution < -0.4 is 5.32 Å². The van der Waals surface area contributed by atoms with Gasteiger partial charge in [-0.1, -0.05) is 23.7 Å². The van der Waals surface area contributed by atoms with Gasteiger partial charge in [-0.2, -0.15) is 15.0 Å². The molecule has 3 rings (SSSR count). The van der Waals surface area contributed by atoms with Gasteiger partial charge in [0.15, 0.2) is 0 Å². The fourth-order valence-corrected chi connectivity index (χ4v) is 1.98. The van der Waals surface area contributed by atoms with Crippen molar-refractivity contribution in [3.63, 3.8) is 0 Å². The lowest BCUT2D eigenvalue weighted by atomic mass is 10.2. The smallest absolute Gasteiger partial charge is 0.241 e. The topological polar surface area (TPSA) is 68.5 Å². The summed E-state index contributed by atoms with van der Waals surface area (Å²) in [5.74, 6) is 0.805. The van der Waals surface area contributed by atoms with Crippen molar-refractivity contribution >= 4 is 29.2 Å². The number of hydrogen-bond acceptors (Lipinski definition) is 5. The van der Waals surface area contributed by atoms with Gasteiger partial charge in [0.25, 0.3) is 0 Å². The lowest BCUT2D eigenvalue weighted by molar-refractivity contribution is 0.888. The van der Waals surface area contributed by atoms with Gasteiger partial charge < -0.3 is 5.32 Å². The molecule has 0 aliphatic rings. The van der Waals surface area contributed by atoms with Gasteiger partial charge >= 0.3 is 0 Å². The summed E-state index contributed by atoms with van der Waals surface area (Å²) in [6.45, 7) is 0.556. The maximum atomic E-state index is 5.92. The van der Waals surface area contributed by atoms with Crippen LogP contribution in [0.5, 0.6) is 0 Å². The highest BCUT2D eigenvalue weighted by Gasteiger charge is 2.06. The van der Waals surface area contributed by atoms with Gasteiger partial charge in [0.1, 0.15) is 6.33 Å². The van der Waals surface area contributed by atoms with Gasteiger partial charge in [-0.05, 0) is 29.3 Å². The Bertz CT molecular complexity index is 727. The van der Waals surface area contributed by atoms with E-state index < -0.39 is 0 Å². The molecule has 0 saturated carbocycles. The van der Waals surface area contributed by atoms with Crippen LogP contribution >= 0.6 is 23.2 Å². The van der Waals surface area contributed by atoms with E-state index in [0.717, 1.165) is 5.56 Å². The van der Waals surface area contributed by atoms with Crippen molar-refractivity contribution in [1.29, 1.82) is 0 Å². The van der Waals surface area contributed by atoms with E-state index >= 15 is 0 Å². The Kier molecular flexibility index (Phi) is 3.98. The second-order valence-electron chi connectivity index (χ2n) is 4.18. The van der Waals surface area contributed by atoms with Gasteiger partial charge in [-0.25, -0.2) is 4.98 Å². The maximum absolute atomic E-state index is 5.92. The SMILES string of the molecule is Clc1ccc(CNc2nc(Cl)nc(-n3ccnc3)n2)cc1. The Morgan fingerprint density at radius 2 is 1.86 bits per heavy atom. The summed E-state index contributed by atoms with van der Waals surface area (Å²) in [5, 5.41) is 3.92. The minimum absolute atomic E-state index is 0.118. The highest BCUT2D eigenvalue weighted by molar-refractivity contribution is 6.30. The van der Waals surface area contributed by atoms with Crippen molar-refractivity contribution in [3.8, 4) is 5.95 Å². The first-order valence-corrected chi connectivity index (χ1v) is 6.84. The monoisotopic (exact) mass is 320 g/mol. The van der Waals surface area contributed by atoms with Crippen LogP contribution in [0, 0.1) is 0 Å². The summed E-state index contributed by atoms with van der Waals surface area (Å²) in [5.41, 5.74) is 1.06. The van der Waals surface area contributed by atoms with Crippen LogP contribution in [0.15, 0.2) is 43.0 Å². The highest BCUT2D eigenvalue weighted by Crippen LogP contribution is 2.12. The zero-order valence-electron chi connectivity index (χ0n) is 10.7. The zero-order valence-corrected chi connectivity index (χ0v) is 12.3. The van der Waals surface area contributed by atoms with E-state index in [2.05, 4.69) is 25.3 Å². The number of halogens is 2. The van der Waals surface area contributed by atoms with Crippen molar-refractivity contribution in [2.24, 2.45) is 0 Å². The fourth-order valence-electron chi connectivity index (χ4n) is 1.69. The van der Waals surface area contributed by atoms with Crippen molar-refractivity contribution < 1.29 is 0 Å². The Hall–Kier alpha value is -2.18. The number of rotatable bonds is 4. The molecule has 21 heavy (non-hydrogen) atoms. The van der Waals surface area contributed by atoms with Crippen molar-refractivity contribution in [3.05, 3.63) is 58.9 Å². The van der Waals surface area contributed by atoms with Crippen LogP contribution in [0.2, 0.25) is 10.3 Å². The fraction of sp³-hybridized carbons (Fsp3) is 0.0769. The molecule has 0 fully saturated rings. The van der Waals surface area contributed by atoms with Crippen LogP contribution in [0.25, 0.3) is 5.95 Å². The maximum Gasteiger partial charge on any atom is 0.241 e. The molecule has 0 radical (unpaired) electrons. The molecule has 0 spiro atoms. The molecule has 0 saturated heterocycles. The van der Waals surface area contributed by atoms with Crippen LogP contribution in [-0.4, -0.2) is 24.5 Å². The minimum atomic E-state index is 0.118. The van der Waals surface area contributed by atoms with Gasteiger partial charge in [-0.3, -0.25) is 4.57 Å². The Balaban J connectivity index is 1.78. The molecule has 106 valence electrons. The Morgan fingerprint density at radius 1 is 1.05 bits per heavy atom. The van der Waals surface area contributed by atoms with Crippen molar-refractivity contribution in [2.75, 3.05) is 5.32 Å². The van der Waals surface area contributed by atoms with Crippen LogP contribution in [0.1, 0.15) is 5.56 Å². The third-order valence-corrected chi connectivity index (χ3v) is 3.12. The van der Waals surface area contributed by atoms with Crippen LogP contribution in [0.3, 0.4) is 0 Å². The molecule has 1 N–H and O–H groups in total. The molecule has 2 aromatic heterocycles. The van der Waals surface area contributed by atoms with E-state index in [1.807, 2.05) is 24.3 Å². The van der Waals surface area contributed by atoms with Crippen LogP contribution in [0.4, 0.5) is 5.95 Å². The molecular weight excluding hydrogens is 311 g/mol. The molecular formula is C13H10Cl2N6. The molecule has 0 unspecified atom stereocenters. The zero-order chi connectivity index (χ0) is 14.7. The standard InChI is InChI=1S/C13H10Cl2N6/c14-10-3-1-9(2-4-10)7-17-12-18-11(15)19-13(20-12)21-6-5-16-8-21/h1-6,8H,7H2,(H,17,18,19,20). The molecule has 0 aliphatic carbocycles. The predicted molar refractivity (Wildman–Crippen MR) is 80.7 cm³/mol. The first-order valence-electron chi connectivity index (χ1n) is 6.09. The molecule has 8 heteroatoms. The number of benzene rings is 1. The molecule has 0 aliphatic heterocycles. The lowest BCUT2D eigenvalue weighted by Gasteiger charge is -2.07. The van der Waals surface area contributed by atoms with Gasteiger partial charge in [0.2, 0.25) is 17.2 Å². The molecule has 1 aromatic carbocycles. The van der Waals surface area contributed by atoms with E-state index in [4.69, 9.17) is 23.2 Å². The Labute approximate surface area is 130 Å². The molecule has 0 atom stereocenters. The first-order chi connectivity index (χ1) is 10.2. The summed E-state index contributed by atoms with van der Waals surface area (Å²) in [6, 6.07) is 7.51. The minimum Gasteiger partial charge on any atom is -0.350 e. The number of aromatic nitrogens is 5. The second kappa shape index (κ2) is 6.07. The van der Waals surface area contributed by atoms with Gasteiger partial charge in [-0.15, -0.1) is 0 Å². The van der Waals surface area contributed by atoms with E-state index in [0.29, 0.717) is 23.5 Å². The van der Waals surface area contributed by atoms with E-state index in [1.165, 1.54) is 0 Å². The third-order valence-electron chi connectivity index (χ3n) is 2.70. The normalized spacial score (nSPS) is 10.6. The predicted octanol–water partition coefficient (Wildman–Crippen LogP) is 2.98. The summed E-state index contributed by atoms with van der Waals surface area (Å²) in [7, 11) is 0. The highest BCUT2D eigenvalue weighted by atomic mass is 35.5. The van der Waals surface area contributed by atoms with Crippen LogP contribution in [-0.2, 0) is 6.54 Å². The average molecular weight is 321 g/mol. The van der Waals surface area contributed by atoms with Crippen molar-refractivity contribution in [1.82, 2.24) is 24.5 Å². The average Bonchev–Trinajstić information content (AvgIpc) is 3.00. The molecule has 2 heterocycles. The van der Waals surface area contributed by atoms with E-state index in [-0.39, 0.29) is 5.28 Å². The first kappa shape index (κ1) is 13.8. The lowest BCUT2D eigenvalue weighted by Crippen LogP contribution is -2.08. The molecule has 6 nitrogen and oxygen atoms in total. The number of hydrogen-bond donors (Lipinski definition) is 1. The number of nitrogens with zero attached hydrogens (tertiary/aromatic N) is 5. The number of nitrogens with one attached hydrogen (secondary N) is 1. The molecule has 0 bridgehead atoms. The van der Waals surface area contributed by atoms with E-state index in [1.54, 1.807) is 23.3 Å². The molecule has 0 amide bonds. The molecule has 3 aromatic rings. The third kappa shape index (κ3) is 3.48. The summed E-state index contributed by atoms with van der Waals surface area (Å²) in [6.07, 6.45) is 4.96. The van der Waals surface area contributed by atoms with Crippen molar-refractivity contribution in [2.45, 2.75) is 6.54 Å². The van der Waals surface area contributed by atoms with Gasteiger partial charge in [0, 0.05) is 24.0 Å². The second-order valence-corrected chi connectivity index (χ2v) is 4.95. The summed E-state index contributed by atoms with van der Waals surface area (Å²) >= 11 is 11.8. The number of anilines is 1.